The fourth-order valence-electron chi connectivity index (χ4n) is 5.17. The van der Waals surface area contributed by atoms with Gasteiger partial charge in [0.15, 0.2) is 6.10 Å². The summed E-state index contributed by atoms with van der Waals surface area (Å²) in [6, 6.07) is -1.55. The summed E-state index contributed by atoms with van der Waals surface area (Å²) < 4.78 is 32.4. The number of ether oxygens (including phenoxy) is 2. The SMILES string of the molecule is CCCCC/C=C\C/C=C\C/C=C\C=C\[C@H](O)CCCC(=O)O[C@H](COC(=O)CCCCCCCCCCCCCC)COP(=O)(O)OC[C@H](N)C(=O)O. The molecule has 0 saturated heterocycles. The van der Waals surface area contributed by atoms with Gasteiger partial charge in [-0.05, 0) is 44.9 Å². The summed E-state index contributed by atoms with van der Waals surface area (Å²) in [7, 11) is -4.77. The average molecular weight is 786 g/mol. The van der Waals surface area contributed by atoms with Crippen molar-refractivity contribution in [1.29, 1.82) is 0 Å². The van der Waals surface area contributed by atoms with E-state index in [1.807, 2.05) is 12.2 Å². The second-order valence-electron chi connectivity index (χ2n) is 13.6. The first-order valence-corrected chi connectivity index (χ1v) is 21.8. The number of carboxylic acid groups (broad SMARTS) is 1. The summed E-state index contributed by atoms with van der Waals surface area (Å²) in [6.07, 6.45) is 35.0. The van der Waals surface area contributed by atoms with Crippen molar-refractivity contribution in [3.05, 3.63) is 48.6 Å². The Morgan fingerprint density at radius 1 is 0.667 bits per heavy atom. The van der Waals surface area contributed by atoms with Gasteiger partial charge < -0.3 is 30.3 Å². The Kier molecular flexibility index (Phi) is 34.3. The molecule has 1 unspecified atom stereocenters. The fraction of sp³-hybridized carbons (Fsp3) is 0.732. The minimum atomic E-state index is -4.77. The van der Waals surface area contributed by atoms with Crippen LogP contribution in [-0.2, 0) is 37.5 Å². The number of nitrogens with two attached hydrogens (primary N) is 1. The Bertz CT molecular complexity index is 1120. The highest BCUT2D eigenvalue weighted by molar-refractivity contribution is 7.47. The molecule has 12 nitrogen and oxygen atoms in total. The number of aliphatic hydroxyl groups excluding tert-OH is 1. The molecule has 13 heteroatoms. The zero-order valence-corrected chi connectivity index (χ0v) is 34.1. The molecule has 0 spiro atoms. The number of hydrogen-bond donors (Lipinski definition) is 4. The molecule has 0 aromatic heterocycles. The quantitative estimate of drug-likeness (QED) is 0.0154. The molecule has 0 aromatic rings. The topological polar surface area (TPSA) is 192 Å². The molecule has 0 saturated carbocycles. The molecule has 0 bridgehead atoms. The number of phosphoric acid groups is 1. The molecule has 0 rings (SSSR count). The van der Waals surface area contributed by atoms with E-state index in [2.05, 4.69) is 42.7 Å². The van der Waals surface area contributed by atoms with Gasteiger partial charge in [0.25, 0.3) is 0 Å². The van der Waals surface area contributed by atoms with Crippen molar-refractivity contribution in [3.63, 3.8) is 0 Å². The third kappa shape index (κ3) is 35.1. The van der Waals surface area contributed by atoms with Crippen LogP contribution in [-0.4, -0.2) is 71.1 Å². The Labute approximate surface area is 325 Å². The fourth-order valence-corrected chi connectivity index (χ4v) is 5.95. The highest BCUT2D eigenvalue weighted by Gasteiger charge is 2.28. The van der Waals surface area contributed by atoms with Crippen molar-refractivity contribution in [2.75, 3.05) is 19.8 Å². The van der Waals surface area contributed by atoms with Gasteiger partial charge in [-0.15, -0.1) is 0 Å². The van der Waals surface area contributed by atoms with Gasteiger partial charge in [0.1, 0.15) is 12.6 Å². The van der Waals surface area contributed by atoms with Crippen LogP contribution in [0.15, 0.2) is 48.6 Å². The molecular weight excluding hydrogens is 713 g/mol. The highest BCUT2D eigenvalue weighted by atomic mass is 31.2. The Balaban J connectivity index is 4.63. The molecule has 0 heterocycles. The van der Waals surface area contributed by atoms with E-state index < -0.39 is 63.8 Å². The maximum atomic E-state index is 12.6. The van der Waals surface area contributed by atoms with Crippen LogP contribution in [0.3, 0.4) is 0 Å². The first-order chi connectivity index (χ1) is 26.0. The maximum absolute atomic E-state index is 12.6. The lowest BCUT2D eigenvalue weighted by Gasteiger charge is -2.20. The van der Waals surface area contributed by atoms with Crippen LogP contribution in [0.4, 0.5) is 0 Å². The number of aliphatic carboxylic acids is 1. The van der Waals surface area contributed by atoms with Crippen LogP contribution < -0.4 is 5.73 Å². The monoisotopic (exact) mass is 785 g/mol. The van der Waals surface area contributed by atoms with Crippen LogP contribution in [0.1, 0.15) is 155 Å². The molecule has 5 N–H and O–H groups in total. The van der Waals surface area contributed by atoms with Crippen LogP contribution in [0.2, 0.25) is 0 Å². The number of hydrogen-bond acceptors (Lipinski definition) is 10. The Morgan fingerprint density at radius 3 is 1.83 bits per heavy atom. The molecular formula is C41H72NO11P. The first-order valence-electron chi connectivity index (χ1n) is 20.3. The minimum absolute atomic E-state index is 0.0668. The number of carbonyl (C=O) groups excluding carboxylic acids is 2. The van der Waals surface area contributed by atoms with E-state index in [1.165, 1.54) is 70.6 Å². The van der Waals surface area contributed by atoms with Crippen LogP contribution >= 0.6 is 7.82 Å². The zero-order valence-electron chi connectivity index (χ0n) is 33.2. The lowest BCUT2D eigenvalue weighted by molar-refractivity contribution is -0.161. The van der Waals surface area contributed by atoms with Crippen molar-refractivity contribution < 1.29 is 52.6 Å². The van der Waals surface area contributed by atoms with Gasteiger partial charge in [-0.3, -0.25) is 23.4 Å². The van der Waals surface area contributed by atoms with Gasteiger partial charge in [-0.1, -0.05) is 146 Å². The molecule has 312 valence electrons. The summed E-state index contributed by atoms with van der Waals surface area (Å²) in [6.45, 7) is 2.55. The Morgan fingerprint density at radius 2 is 1.20 bits per heavy atom. The Hall–Kier alpha value is -2.60. The van der Waals surface area contributed by atoms with E-state index in [1.54, 1.807) is 12.2 Å². The number of phosphoric ester groups is 1. The number of rotatable bonds is 37. The molecule has 0 aliphatic carbocycles. The third-order valence-electron chi connectivity index (χ3n) is 8.43. The smallest absolute Gasteiger partial charge is 0.472 e. The second-order valence-corrected chi connectivity index (χ2v) is 15.1. The first kappa shape index (κ1) is 51.4. The molecule has 0 amide bonds. The predicted molar refractivity (Wildman–Crippen MR) is 214 cm³/mol. The van der Waals surface area contributed by atoms with Gasteiger partial charge >= 0.3 is 25.7 Å². The van der Waals surface area contributed by atoms with Crippen molar-refractivity contribution in [2.45, 2.75) is 173 Å². The van der Waals surface area contributed by atoms with E-state index in [9.17, 15) is 28.9 Å². The molecule has 0 radical (unpaired) electrons. The standard InChI is InChI=1S/C41H72NO11P/c1-3-5-7-9-11-13-15-17-18-20-22-24-26-29-36(43)30-28-32-40(45)53-37(34-51-54(48,49)52-35-38(42)41(46)47)33-50-39(44)31-27-25-23-21-19-16-14-12-10-8-6-4-2/h11,13,17-18,22,24,26,29,36-38,43H,3-10,12,14-16,19-21,23,25,27-28,30-35,42H2,1-2H3,(H,46,47)(H,48,49)/b13-11-,18-17-,24-22-,29-26+/t36-,37+,38-/m0/s1. The molecule has 4 atom stereocenters. The summed E-state index contributed by atoms with van der Waals surface area (Å²) in [5.74, 6) is -2.61. The van der Waals surface area contributed by atoms with Crippen molar-refractivity contribution in [2.24, 2.45) is 5.73 Å². The van der Waals surface area contributed by atoms with Crippen molar-refractivity contribution in [3.8, 4) is 0 Å². The normalized spacial score (nSPS) is 14.9. The number of carboxylic acids is 1. The largest absolute Gasteiger partial charge is 0.480 e. The lowest BCUT2D eigenvalue weighted by atomic mass is 10.0. The summed E-state index contributed by atoms with van der Waals surface area (Å²) >= 11 is 0. The van der Waals surface area contributed by atoms with Gasteiger partial charge in [-0.2, -0.15) is 0 Å². The van der Waals surface area contributed by atoms with E-state index in [-0.39, 0.29) is 12.8 Å². The van der Waals surface area contributed by atoms with Gasteiger partial charge in [0.2, 0.25) is 0 Å². The third-order valence-corrected chi connectivity index (χ3v) is 9.38. The highest BCUT2D eigenvalue weighted by Crippen LogP contribution is 2.43. The summed E-state index contributed by atoms with van der Waals surface area (Å²) in [4.78, 5) is 45.8. The number of esters is 2. The van der Waals surface area contributed by atoms with Crippen LogP contribution in [0.25, 0.3) is 0 Å². The zero-order chi connectivity index (χ0) is 40.1. The summed E-state index contributed by atoms with van der Waals surface area (Å²) in [5.41, 5.74) is 5.31. The molecule has 0 aliphatic rings. The van der Waals surface area contributed by atoms with Gasteiger partial charge in [-0.25, -0.2) is 4.57 Å². The van der Waals surface area contributed by atoms with Gasteiger partial charge in [0.05, 0.1) is 19.3 Å². The van der Waals surface area contributed by atoms with Crippen molar-refractivity contribution >= 4 is 25.7 Å². The van der Waals surface area contributed by atoms with E-state index in [0.717, 1.165) is 38.5 Å². The van der Waals surface area contributed by atoms with E-state index in [4.69, 9.17) is 24.8 Å². The average Bonchev–Trinajstić information content (AvgIpc) is 3.14. The predicted octanol–water partition coefficient (Wildman–Crippen LogP) is 9.19. The number of aliphatic hydroxyl groups is 1. The van der Waals surface area contributed by atoms with E-state index in [0.29, 0.717) is 19.3 Å². The van der Waals surface area contributed by atoms with Crippen LogP contribution in [0, 0.1) is 0 Å². The molecule has 0 aliphatic heterocycles. The van der Waals surface area contributed by atoms with E-state index >= 15 is 0 Å². The maximum Gasteiger partial charge on any atom is 0.472 e. The molecule has 0 fully saturated rings. The number of unbranched alkanes of at least 4 members (excludes halogenated alkanes) is 14. The van der Waals surface area contributed by atoms with Crippen molar-refractivity contribution in [1.82, 2.24) is 0 Å². The molecule has 54 heavy (non-hydrogen) atoms. The van der Waals surface area contributed by atoms with Gasteiger partial charge in [0, 0.05) is 12.8 Å². The molecule has 0 aromatic carbocycles. The minimum Gasteiger partial charge on any atom is -0.480 e. The lowest BCUT2D eigenvalue weighted by Crippen LogP contribution is -2.34. The second kappa shape index (κ2) is 36.1. The number of carbonyl (C=O) groups is 3. The van der Waals surface area contributed by atoms with Crippen LogP contribution in [0.5, 0.6) is 0 Å². The summed E-state index contributed by atoms with van der Waals surface area (Å²) in [5, 5.41) is 19.1. The number of allylic oxidation sites excluding steroid dienone is 7.